The van der Waals surface area contributed by atoms with Crippen LogP contribution in [0.4, 0.5) is 0 Å². The summed E-state index contributed by atoms with van der Waals surface area (Å²) in [5.74, 6) is 0.562. The van der Waals surface area contributed by atoms with Crippen LogP contribution in [-0.4, -0.2) is 28.0 Å². The smallest absolute Gasteiger partial charge is 0.123 e. The molecule has 1 rings (SSSR count). The van der Waals surface area contributed by atoms with Crippen LogP contribution in [0.3, 0.4) is 0 Å². The largest absolute Gasteiger partial charge is 0.508 e. The number of aliphatic hydroxyl groups is 1. The Morgan fingerprint density at radius 2 is 1.94 bits per heavy atom. The minimum atomic E-state index is 0.0574. The summed E-state index contributed by atoms with van der Waals surface area (Å²) in [5.41, 5.74) is 0.742. The number of phenolic OH excluding ortho intramolecular Hbond substituents is 2. The van der Waals surface area contributed by atoms with Crippen molar-refractivity contribution in [2.75, 3.05) is 6.61 Å². The molecule has 0 radical (unpaired) electrons. The second-order valence-electron chi connectivity index (χ2n) is 4.56. The summed E-state index contributed by atoms with van der Waals surface area (Å²) in [7, 11) is 0. The minimum absolute atomic E-state index is 0.0574. The van der Waals surface area contributed by atoms with Gasteiger partial charge in [0.1, 0.15) is 11.5 Å². The van der Waals surface area contributed by atoms with Crippen molar-refractivity contribution < 1.29 is 15.3 Å². The summed E-state index contributed by atoms with van der Waals surface area (Å²) >= 11 is 0. The molecule has 1 aromatic rings. The lowest BCUT2D eigenvalue weighted by atomic mass is 10.0. The van der Waals surface area contributed by atoms with Crippen LogP contribution in [-0.2, 0) is 6.54 Å². The number of aromatic hydroxyl groups is 2. The summed E-state index contributed by atoms with van der Waals surface area (Å²) < 4.78 is 0. The highest BCUT2D eigenvalue weighted by molar-refractivity contribution is 5.38. The maximum Gasteiger partial charge on any atom is 0.123 e. The molecule has 0 aromatic heterocycles. The number of hydrogen-bond donors (Lipinski definition) is 4. The van der Waals surface area contributed by atoms with Gasteiger partial charge in [0.15, 0.2) is 0 Å². The third-order valence-electron chi connectivity index (χ3n) is 2.87. The fourth-order valence-electron chi connectivity index (χ4n) is 1.75. The zero-order valence-electron chi connectivity index (χ0n) is 10.3. The van der Waals surface area contributed by atoms with Gasteiger partial charge in [0, 0.05) is 30.8 Å². The number of aliphatic hydroxyl groups excluding tert-OH is 1. The molecule has 4 N–H and O–H groups in total. The van der Waals surface area contributed by atoms with E-state index in [4.69, 9.17) is 5.11 Å². The Morgan fingerprint density at radius 3 is 2.47 bits per heavy atom. The molecule has 96 valence electrons. The van der Waals surface area contributed by atoms with Crippen LogP contribution >= 0.6 is 0 Å². The molecule has 1 atom stereocenters. The molecule has 1 unspecified atom stereocenters. The summed E-state index contributed by atoms with van der Waals surface area (Å²) in [6.45, 7) is 4.85. The highest BCUT2D eigenvalue weighted by Crippen LogP contribution is 2.22. The van der Waals surface area contributed by atoms with E-state index in [0.717, 1.165) is 5.56 Å². The molecule has 0 aliphatic carbocycles. The molecule has 0 saturated carbocycles. The van der Waals surface area contributed by atoms with Gasteiger partial charge in [-0.2, -0.15) is 0 Å². The molecular weight excluding hydrogens is 218 g/mol. The third-order valence-corrected chi connectivity index (χ3v) is 2.87. The molecular formula is C13H21NO3. The molecule has 4 nitrogen and oxygen atoms in total. The van der Waals surface area contributed by atoms with Crippen LogP contribution in [0, 0.1) is 5.92 Å². The molecule has 17 heavy (non-hydrogen) atoms. The molecule has 0 fully saturated rings. The normalized spacial score (nSPS) is 12.9. The van der Waals surface area contributed by atoms with Crippen LogP contribution in [0.25, 0.3) is 0 Å². The Bertz CT molecular complexity index is 353. The van der Waals surface area contributed by atoms with Gasteiger partial charge in [0.2, 0.25) is 0 Å². The Kier molecular flexibility index (Phi) is 5.25. The predicted octanol–water partition coefficient (Wildman–Crippen LogP) is 1.59. The topological polar surface area (TPSA) is 72.7 Å². The van der Waals surface area contributed by atoms with E-state index >= 15 is 0 Å². The van der Waals surface area contributed by atoms with E-state index in [2.05, 4.69) is 19.2 Å². The van der Waals surface area contributed by atoms with Crippen molar-refractivity contribution >= 4 is 0 Å². The fraction of sp³-hybridized carbons (Fsp3) is 0.538. The van der Waals surface area contributed by atoms with Crippen LogP contribution in [0.1, 0.15) is 25.8 Å². The molecule has 0 aliphatic rings. The van der Waals surface area contributed by atoms with Gasteiger partial charge in [-0.1, -0.05) is 19.9 Å². The molecule has 0 heterocycles. The van der Waals surface area contributed by atoms with E-state index < -0.39 is 0 Å². The lowest BCUT2D eigenvalue weighted by Gasteiger charge is -2.21. The van der Waals surface area contributed by atoms with Crippen LogP contribution in [0.15, 0.2) is 18.2 Å². The Hall–Kier alpha value is -1.26. The first kappa shape index (κ1) is 13.8. The van der Waals surface area contributed by atoms with E-state index in [0.29, 0.717) is 18.9 Å². The molecule has 0 aliphatic heterocycles. The second-order valence-corrected chi connectivity index (χ2v) is 4.56. The summed E-state index contributed by atoms with van der Waals surface area (Å²) in [6.07, 6.45) is 0.691. The zero-order chi connectivity index (χ0) is 12.8. The summed E-state index contributed by atoms with van der Waals surface area (Å²) in [4.78, 5) is 0. The highest BCUT2D eigenvalue weighted by atomic mass is 16.3. The van der Waals surface area contributed by atoms with Crippen molar-refractivity contribution in [2.24, 2.45) is 5.92 Å². The number of rotatable bonds is 6. The van der Waals surface area contributed by atoms with E-state index in [1.165, 1.54) is 6.07 Å². The lowest BCUT2D eigenvalue weighted by Crippen LogP contribution is -2.34. The van der Waals surface area contributed by atoms with Crippen molar-refractivity contribution in [3.05, 3.63) is 23.8 Å². The molecule has 0 spiro atoms. The van der Waals surface area contributed by atoms with E-state index in [-0.39, 0.29) is 24.1 Å². The Morgan fingerprint density at radius 1 is 1.24 bits per heavy atom. The van der Waals surface area contributed by atoms with Gasteiger partial charge in [-0.05, 0) is 18.4 Å². The number of phenols is 2. The van der Waals surface area contributed by atoms with Crippen LogP contribution in [0.5, 0.6) is 11.5 Å². The molecule has 0 bridgehead atoms. The van der Waals surface area contributed by atoms with Crippen molar-refractivity contribution in [2.45, 2.75) is 32.9 Å². The SMILES string of the molecule is CC(C)C(CCO)NCc1ccc(O)cc1O. The average molecular weight is 239 g/mol. The first-order chi connectivity index (χ1) is 8.04. The Labute approximate surface area is 102 Å². The van der Waals surface area contributed by atoms with Crippen molar-refractivity contribution in [1.82, 2.24) is 5.32 Å². The summed E-state index contributed by atoms with van der Waals surface area (Å²) in [5, 5.41) is 31.0. The van der Waals surface area contributed by atoms with Gasteiger partial charge in [-0.15, -0.1) is 0 Å². The first-order valence-corrected chi connectivity index (χ1v) is 5.89. The molecule has 4 heteroatoms. The molecule has 0 amide bonds. The zero-order valence-corrected chi connectivity index (χ0v) is 10.3. The number of hydrogen-bond acceptors (Lipinski definition) is 4. The van der Waals surface area contributed by atoms with E-state index in [1.54, 1.807) is 12.1 Å². The first-order valence-electron chi connectivity index (χ1n) is 5.89. The maximum atomic E-state index is 9.62. The minimum Gasteiger partial charge on any atom is -0.508 e. The monoisotopic (exact) mass is 239 g/mol. The average Bonchev–Trinajstić information content (AvgIpc) is 2.25. The van der Waals surface area contributed by atoms with Crippen molar-refractivity contribution in [3.63, 3.8) is 0 Å². The van der Waals surface area contributed by atoms with Gasteiger partial charge in [0.05, 0.1) is 0 Å². The lowest BCUT2D eigenvalue weighted by molar-refractivity contribution is 0.243. The number of benzene rings is 1. The van der Waals surface area contributed by atoms with Gasteiger partial charge >= 0.3 is 0 Å². The standard InChI is InChI=1S/C13H21NO3/c1-9(2)12(5-6-15)14-8-10-3-4-11(16)7-13(10)17/h3-4,7,9,12,14-17H,5-6,8H2,1-2H3. The maximum absolute atomic E-state index is 9.62. The van der Waals surface area contributed by atoms with Crippen molar-refractivity contribution in [3.8, 4) is 11.5 Å². The molecule has 0 saturated heterocycles. The van der Waals surface area contributed by atoms with Gasteiger partial charge in [-0.25, -0.2) is 0 Å². The van der Waals surface area contributed by atoms with Crippen LogP contribution in [0.2, 0.25) is 0 Å². The second kappa shape index (κ2) is 6.47. The van der Waals surface area contributed by atoms with Crippen LogP contribution < -0.4 is 5.32 Å². The van der Waals surface area contributed by atoms with Crippen molar-refractivity contribution in [1.29, 1.82) is 0 Å². The van der Waals surface area contributed by atoms with E-state index in [9.17, 15) is 10.2 Å². The van der Waals surface area contributed by atoms with Gasteiger partial charge < -0.3 is 20.6 Å². The third kappa shape index (κ3) is 4.24. The number of nitrogens with one attached hydrogen (secondary N) is 1. The predicted molar refractivity (Wildman–Crippen MR) is 66.9 cm³/mol. The quantitative estimate of drug-likeness (QED) is 0.608. The Balaban J connectivity index is 2.59. The van der Waals surface area contributed by atoms with Gasteiger partial charge in [-0.3, -0.25) is 0 Å². The fourth-order valence-corrected chi connectivity index (χ4v) is 1.75. The highest BCUT2D eigenvalue weighted by Gasteiger charge is 2.12. The summed E-state index contributed by atoms with van der Waals surface area (Å²) in [6, 6.07) is 4.78. The van der Waals surface area contributed by atoms with Gasteiger partial charge in [0.25, 0.3) is 0 Å². The van der Waals surface area contributed by atoms with E-state index in [1.807, 2.05) is 0 Å². The molecule has 1 aromatic carbocycles.